The highest BCUT2D eigenvalue weighted by molar-refractivity contribution is 5.95. The average molecular weight is 237 g/mol. The maximum absolute atomic E-state index is 11.5. The summed E-state index contributed by atoms with van der Waals surface area (Å²) in [4.78, 5) is 11.5. The number of rotatable bonds is 4. The maximum Gasteiger partial charge on any atom is 0.340 e. The minimum Gasteiger partial charge on any atom is -0.488 e. The van der Waals surface area contributed by atoms with Crippen LogP contribution in [0.3, 0.4) is 0 Å². The molecule has 4 nitrogen and oxygen atoms in total. The van der Waals surface area contributed by atoms with Gasteiger partial charge < -0.3 is 15.2 Å². The van der Waals surface area contributed by atoms with Gasteiger partial charge in [0.25, 0.3) is 0 Å². The quantitative estimate of drug-likeness (QED) is 0.646. The number of nitrogens with two attached hydrogens (primary N) is 1. The van der Waals surface area contributed by atoms with E-state index in [-0.39, 0.29) is 5.60 Å². The third-order valence-electron chi connectivity index (χ3n) is 2.68. The fourth-order valence-corrected chi connectivity index (χ4v) is 1.28. The molecular formula is C13H19NO3. The first-order valence-corrected chi connectivity index (χ1v) is 5.56. The standard InChI is InChI=1S/C13H19NO3/c1-5-13(2,3)17-9-6-7-11(14)10(8-9)12(15)16-4/h6-8H,5,14H2,1-4H3. The molecule has 0 heterocycles. The lowest BCUT2D eigenvalue weighted by Gasteiger charge is -2.25. The number of hydrogen-bond donors (Lipinski definition) is 1. The SMILES string of the molecule is CCC(C)(C)Oc1ccc(N)c(C(=O)OC)c1. The molecule has 0 aromatic heterocycles. The molecule has 0 unspecified atom stereocenters. The molecule has 0 saturated heterocycles. The zero-order valence-corrected chi connectivity index (χ0v) is 10.7. The van der Waals surface area contributed by atoms with Crippen LogP contribution in [-0.2, 0) is 4.74 Å². The summed E-state index contributed by atoms with van der Waals surface area (Å²) in [5.74, 6) is 0.161. The van der Waals surface area contributed by atoms with Crippen LogP contribution in [-0.4, -0.2) is 18.7 Å². The van der Waals surface area contributed by atoms with E-state index in [9.17, 15) is 4.79 Å². The lowest BCUT2D eigenvalue weighted by Crippen LogP contribution is -2.26. The molecular weight excluding hydrogens is 218 g/mol. The van der Waals surface area contributed by atoms with Crippen molar-refractivity contribution in [1.82, 2.24) is 0 Å². The second-order valence-corrected chi connectivity index (χ2v) is 4.46. The predicted molar refractivity (Wildman–Crippen MR) is 67.2 cm³/mol. The molecule has 0 atom stereocenters. The van der Waals surface area contributed by atoms with Crippen LogP contribution in [0.5, 0.6) is 5.75 Å². The van der Waals surface area contributed by atoms with Crippen molar-refractivity contribution in [2.24, 2.45) is 0 Å². The highest BCUT2D eigenvalue weighted by atomic mass is 16.5. The highest BCUT2D eigenvalue weighted by Gasteiger charge is 2.18. The number of ether oxygens (including phenoxy) is 2. The molecule has 0 amide bonds. The molecule has 2 N–H and O–H groups in total. The molecule has 0 bridgehead atoms. The second-order valence-electron chi connectivity index (χ2n) is 4.46. The smallest absolute Gasteiger partial charge is 0.340 e. The van der Waals surface area contributed by atoms with Crippen molar-refractivity contribution in [3.8, 4) is 5.75 Å². The minimum atomic E-state index is -0.456. The Hall–Kier alpha value is -1.71. The zero-order chi connectivity index (χ0) is 13.1. The molecule has 0 aliphatic rings. The van der Waals surface area contributed by atoms with Crippen LogP contribution in [0.1, 0.15) is 37.6 Å². The van der Waals surface area contributed by atoms with Crippen LogP contribution >= 0.6 is 0 Å². The van der Waals surface area contributed by atoms with Gasteiger partial charge in [0.15, 0.2) is 0 Å². The summed E-state index contributed by atoms with van der Waals surface area (Å²) in [5.41, 5.74) is 6.15. The van der Waals surface area contributed by atoms with Crippen LogP contribution < -0.4 is 10.5 Å². The highest BCUT2D eigenvalue weighted by Crippen LogP contribution is 2.25. The molecule has 1 aromatic rings. The number of anilines is 1. The first-order chi connectivity index (χ1) is 7.89. The third-order valence-corrected chi connectivity index (χ3v) is 2.68. The first-order valence-electron chi connectivity index (χ1n) is 5.56. The summed E-state index contributed by atoms with van der Waals surface area (Å²) in [6.45, 7) is 6.01. The van der Waals surface area contributed by atoms with E-state index in [1.165, 1.54) is 7.11 Å². The number of carbonyl (C=O) groups is 1. The number of esters is 1. The van der Waals surface area contributed by atoms with Crippen molar-refractivity contribution in [1.29, 1.82) is 0 Å². The summed E-state index contributed by atoms with van der Waals surface area (Å²) in [7, 11) is 1.32. The molecule has 0 radical (unpaired) electrons. The van der Waals surface area contributed by atoms with Crippen LogP contribution in [0.2, 0.25) is 0 Å². The Bertz CT molecular complexity index is 413. The van der Waals surface area contributed by atoms with E-state index in [0.29, 0.717) is 17.0 Å². The van der Waals surface area contributed by atoms with Gasteiger partial charge in [0.2, 0.25) is 0 Å². The van der Waals surface area contributed by atoms with E-state index >= 15 is 0 Å². The van der Waals surface area contributed by atoms with Gasteiger partial charge in [-0.3, -0.25) is 0 Å². The fourth-order valence-electron chi connectivity index (χ4n) is 1.28. The Morgan fingerprint density at radius 1 is 1.41 bits per heavy atom. The Balaban J connectivity index is 3.01. The summed E-state index contributed by atoms with van der Waals surface area (Å²) in [5, 5.41) is 0. The molecule has 94 valence electrons. The van der Waals surface area contributed by atoms with Crippen LogP contribution in [0.15, 0.2) is 18.2 Å². The van der Waals surface area contributed by atoms with E-state index in [4.69, 9.17) is 10.5 Å². The van der Waals surface area contributed by atoms with Gasteiger partial charge in [-0.25, -0.2) is 4.79 Å². The zero-order valence-electron chi connectivity index (χ0n) is 10.7. The van der Waals surface area contributed by atoms with Crippen molar-refractivity contribution in [3.63, 3.8) is 0 Å². The van der Waals surface area contributed by atoms with Crippen LogP contribution in [0.25, 0.3) is 0 Å². The summed E-state index contributed by atoms with van der Waals surface area (Å²) in [6.07, 6.45) is 0.866. The Morgan fingerprint density at radius 3 is 2.59 bits per heavy atom. The van der Waals surface area contributed by atoms with Crippen molar-refractivity contribution in [3.05, 3.63) is 23.8 Å². The number of benzene rings is 1. The van der Waals surface area contributed by atoms with Gasteiger partial charge in [0, 0.05) is 5.69 Å². The first kappa shape index (κ1) is 13.4. The van der Waals surface area contributed by atoms with E-state index in [2.05, 4.69) is 4.74 Å². The molecule has 0 aliphatic carbocycles. The molecule has 4 heteroatoms. The van der Waals surface area contributed by atoms with Gasteiger partial charge in [0.05, 0.1) is 12.7 Å². The topological polar surface area (TPSA) is 61.5 Å². The van der Waals surface area contributed by atoms with Crippen LogP contribution in [0, 0.1) is 0 Å². The Kier molecular flexibility index (Phi) is 3.99. The summed E-state index contributed by atoms with van der Waals surface area (Å²) in [6, 6.07) is 5.01. The summed E-state index contributed by atoms with van der Waals surface area (Å²) < 4.78 is 10.4. The summed E-state index contributed by atoms with van der Waals surface area (Å²) >= 11 is 0. The van der Waals surface area contributed by atoms with Gasteiger partial charge in [-0.05, 0) is 38.5 Å². The number of nitrogen functional groups attached to an aromatic ring is 1. The third kappa shape index (κ3) is 3.37. The van der Waals surface area contributed by atoms with Crippen molar-refractivity contribution in [2.45, 2.75) is 32.8 Å². The van der Waals surface area contributed by atoms with E-state index < -0.39 is 5.97 Å². The van der Waals surface area contributed by atoms with Gasteiger partial charge >= 0.3 is 5.97 Å². The number of carbonyl (C=O) groups excluding carboxylic acids is 1. The van der Waals surface area contributed by atoms with Gasteiger partial charge in [-0.2, -0.15) is 0 Å². The monoisotopic (exact) mass is 237 g/mol. The van der Waals surface area contributed by atoms with Gasteiger partial charge in [-0.1, -0.05) is 6.92 Å². The van der Waals surface area contributed by atoms with Crippen LogP contribution in [0.4, 0.5) is 5.69 Å². The molecule has 1 aromatic carbocycles. The number of hydrogen-bond acceptors (Lipinski definition) is 4. The lowest BCUT2D eigenvalue weighted by atomic mass is 10.1. The van der Waals surface area contributed by atoms with E-state index in [1.807, 2.05) is 20.8 Å². The molecule has 0 saturated carbocycles. The second kappa shape index (κ2) is 5.08. The molecule has 0 spiro atoms. The Morgan fingerprint density at radius 2 is 2.06 bits per heavy atom. The van der Waals surface area contributed by atoms with Crippen molar-refractivity contribution < 1.29 is 14.3 Å². The van der Waals surface area contributed by atoms with Gasteiger partial charge in [-0.15, -0.1) is 0 Å². The molecule has 1 rings (SSSR count). The van der Waals surface area contributed by atoms with E-state index in [0.717, 1.165) is 6.42 Å². The number of methoxy groups -OCH3 is 1. The maximum atomic E-state index is 11.5. The molecule has 17 heavy (non-hydrogen) atoms. The largest absolute Gasteiger partial charge is 0.488 e. The fraction of sp³-hybridized carbons (Fsp3) is 0.462. The van der Waals surface area contributed by atoms with Crippen molar-refractivity contribution in [2.75, 3.05) is 12.8 Å². The average Bonchev–Trinajstić information content (AvgIpc) is 2.30. The van der Waals surface area contributed by atoms with E-state index in [1.54, 1.807) is 18.2 Å². The van der Waals surface area contributed by atoms with Gasteiger partial charge in [0.1, 0.15) is 11.4 Å². The molecule has 0 fully saturated rings. The van der Waals surface area contributed by atoms with Crippen molar-refractivity contribution >= 4 is 11.7 Å². The molecule has 0 aliphatic heterocycles. The predicted octanol–water partition coefficient (Wildman–Crippen LogP) is 2.62. The Labute approximate surface area is 102 Å². The lowest BCUT2D eigenvalue weighted by molar-refractivity contribution is 0.0599. The minimum absolute atomic E-state index is 0.274. The normalized spacial score (nSPS) is 11.1.